The molecule has 1 aromatic carbocycles. The smallest absolute Gasteiger partial charge is 0.230 e. The maximum Gasteiger partial charge on any atom is 0.230 e. The maximum atomic E-state index is 11.9. The first kappa shape index (κ1) is 14.8. The van der Waals surface area contributed by atoms with Gasteiger partial charge in [-0.1, -0.05) is 43.3 Å². The summed E-state index contributed by atoms with van der Waals surface area (Å²) in [5.41, 5.74) is 0.907. The summed E-state index contributed by atoms with van der Waals surface area (Å²) in [4.78, 5) is 20.3. The predicted octanol–water partition coefficient (Wildman–Crippen LogP) is 3.03. The summed E-state index contributed by atoms with van der Waals surface area (Å²) in [7, 11) is 0. The quantitative estimate of drug-likeness (QED) is 0.656. The first-order valence-corrected chi connectivity index (χ1v) is 7.81. The normalized spacial score (nSPS) is 12.3. The van der Waals surface area contributed by atoms with E-state index in [9.17, 15) is 4.79 Å². The van der Waals surface area contributed by atoms with Crippen LogP contribution in [0.25, 0.3) is 10.9 Å². The first-order chi connectivity index (χ1) is 9.70. The van der Waals surface area contributed by atoms with Crippen molar-refractivity contribution in [1.82, 2.24) is 15.3 Å². The van der Waals surface area contributed by atoms with E-state index in [4.69, 9.17) is 0 Å². The van der Waals surface area contributed by atoms with Gasteiger partial charge in [-0.05, 0) is 19.4 Å². The number of hydrogen-bond donors (Lipinski definition) is 1. The zero-order valence-corrected chi connectivity index (χ0v) is 12.6. The number of amides is 1. The summed E-state index contributed by atoms with van der Waals surface area (Å²) in [6.07, 6.45) is 3.63. The van der Waals surface area contributed by atoms with E-state index in [-0.39, 0.29) is 11.9 Å². The van der Waals surface area contributed by atoms with Crippen LogP contribution in [0.2, 0.25) is 0 Å². The minimum absolute atomic E-state index is 0.0543. The molecule has 1 aromatic heterocycles. The number of thioether (sulfide) groups is 1. The van der Waals surface area contributed by atoms with Crippen molar-refractivity contribution in [3.05, 3.63) is 30.6 Å². The Hall–Kier alpha value is -1.62. The Morgan fingerprint density at radius 3 is 2.95 bits per heavy atom. The highest BCUT2D eigenvalue weighted by Crippen LogP contribution is 2.23. The van der Waals surface area contributed by atoms with Crippen LogP contribution < -0.4 is 5.32 Å². The third kappa shape index (κ3) is 3.93. The Bertz CT molecular complexity index is 583. The number of aromatic nitrogens is 2. The number of carbonyl (C=O) groups excluding carboxylic acids is 1. The average molecular weight is 289 g/mol. The minimum Gasteiger partial charge on any atom is -0.353 e. The molecule has 0 aliphatic heterocycles. The molecule has 0 saturated heterocycles. The molecule has 1 heterocycles. The van der Waals surface area contributed by atoms with Crippen molar-refractivity contribution >= 4 is 28.6 Å². The summed E-state index contributed by atoms with van der Waals surface area (Å²) in [6.45, 7) is 4.15. The first-order valence-electron chi connectivity index (χ1n) is 6.82. The number of hydrogen-bond acceptors (Lipinski definition) is 4. The van der Waals surface area contributed by atoms with Crippen molar-refractivity contribution in [3.8, 4) is 0 Å². The summed E-state index contributed by atoms with van der Waals surface area (Å²) < 4.78 is 0. The topological polar surface area (TPSA) is 54.9 Å². The molecule has 4 nitrogen and oxygen atoms in total. The van der Waals surface area contributed by atoms with Gasteiger partial charge in [0.1, 0.15) is 11.4 Å². The number of rotatable bonds is 6. The number of nitrogens with one attached hydrogen (secondary N) is 1. The Kier molecular flexibility index (Phi) is 5.35. The molecule has 0 radical (unpaired) electrons. The molecule has 0 fully saturated rings. The van der Waals surface area contributed by atoms with Crippen LogP contribution in [0.1, 0.15) is 26.7 Å². The average Bonchev–Trinajstić information content (AvgIpc) is 2.45. The van der Waals surface area contributed by atoms with Crippen LogP contribution in [0.3, 0.4) is 0 Å². The molecule has 0 bridgehead atoms. The second-order valence-corrected chi connectivity index (χ2v) is 5.71. The second kappa shape index (κ2) is 7.24. The molecule has 2 rings (SSSR count). The SMILES string of the molecule is CCCC(C)NC(=O)CSc1ncnc2ccccc12. The third-order valence-corrected chi connectivity index (χ3v) is 3.98. The van der Waals surface area contributed by atoms with Crippen LogP contribution >= 0.6 is 11.8 Å². The predicted molar refractivity (Wildman–Crippen MR) is 82.8 cm³/mol. The highest BCUT2D eigenvalue weighted by atomic mass is 32.2. The van der Waals surface area contributed by atoms with Gasteiger partial charge in [0.05, 0.1) is 11.3 Å². The monoisotopic (exact) mass is 289 g/mol. The van der Waals surface area contributed by atoms with Gasteiger partial charge >= 0.3 is 0 Å². The van der Waals surface area contributed by atoms with Crippen LogP contribution in [0.4, 0.5) is 0 Å². The molecule has 1 atom stereocenters. The number of carbonyl (C=O) groups is 1. The van der Waals surface area contributed by atoms with Crippen LogP contribution in [-0.4, -0.2) is 27.7 Å². The molecule has 2 aromatic rings. The molecule has 1 amide bonds. The highest BCUT2D eigenvalue weighted by molar-refractivity contribution is 8.00. The van der Waals surface area contributed by atoms with Gasteiger partial charge in [0.25, 0.3) is 0 Å². The Morgan fingerprint density at radius 2 is 2.15 bits per heavy atom. The van der Waals surface area contributed by atoms with Crippen LogP contribution in [0.15, 0.2) is 35.6 Å². The summed E-state index contributed by atoms with van der Waals surface area (Å²) in [6, 6.07) is 8.07. The number of para-hydroxylation sites is 1. The molecule has 5 heteroatoms. The Morgan fingerprint density at radius 1 is 1.35 bits per heavy atom. The number of benzene rings is 1. The fourth-order valence-corrected chi connectivity index (χ4v) is 2.85. The lowest BCUT2D eigenvalue weighted by Gasteiger charge is -2.12. The van der Waals surface area contributed by atoms with Gasteiger partial charge in [0, 0.05) is 11.4 Å². The molecule has 0 aliphatic rings. The number of nitrogens with zero attached hydrogens (tertiary/aromatic N) is 2. The standard InChI is InChI=1S/C15H19N3OS/c1-3-6-11(2)18-14(19)9-20-15-12-7-4-5-8-13(12)16-10-17-15/h4-5,7-8,10-11H,3,6,9H2,1-2H3,(H,18,19). The van der Waals surface area contributed by atoms with Gasteiger partial charge in [-0.25, -0.2) is 9.97 Å². The second-order valence-electron chi connectivity index (χ2n) is 4.74. The highest BCUT2D eigenvalue weighted by Gasteiger charge is 2.09. The molecule has 1 N–H and O–H groups in total. The molecular formula is C15H19N3OS. The van der Waals surface area contributed by atoms with Crippen molar-refractivity contribution in [2.75, 3.05) is 5.75 Å². The fourth-order valence-electron chi connectivity index (χ4n) is 2.05. The lowest BCUT2D eigenvalue weighted by atomic mass is 10.2. The molecule has 1 unspecified atom stereocenters. The maximum absolute atomic E-state index is 11.9. The van der Waals surface area contributed by atoms with Crippen molar-refractivity contribution < 1.29 is 4.79 Å². The molecular weight excluding hydrogens is 270 g/mol. The Balaban J connectivity index is 1.97. The van der Waals surface area contributed by atoms with Gasteiger partial charge in [-0.2, -0.15) is 0 Å². The van der Waals surface area contributed by atoms with E-state index in [1.54, 1.807) is 6.33 Å². The third-order valence-electron chi connectivity index (χ3n) is 2.98. The zero-order chi connectivity index (χ0) is 14.4. The van der Waals surface area contributed by atoms with Gasteiger partial charge < -0.3 is 5.32 Å². The summed E-state index contributed by atoms with van der Waals surface area (Å²) in [5, 5.41) is 4.85. The van der Waals surface area contributed by atoms with Crippen LogP contribution in [0.5, 0.6) is 0 Å². The molecule has 20 heavy (non-hydrogen) atoms. The zero-order valence-electron chi connectivity index (χ0n) is 11.8. The largest absolute Gasteiger partial charge is 0.353 e. The van der Waals surface area contributed by atoms with Crippen molar-refractivity contribution in [3.63, 3.8) is 0 Å². The van der Waals surface area contributed by atoms with E-state index in [0.29, 0.717) is 5.75 Å². The van der Waals surface area contributed by atoms with E-state index >= 15 is 0 Å². The van der Waals surface area contributed by atoms with Crippen molar-refractivity contribution in [2.45, 2.75) is 37.8 Å². The van der Waals surface area contributed by atoms with Crippen LogP contribution in [-0.2, 0) is 4.79 Å². The molecule has 0 aliphatic carbocycles. The van der Waals surface area contributed by atoms with Gasteiger partial charge in [0.2, 0.25) is 5.91 Å². The van der Waals surface area contributed by atoms with Gasteiger partial charge in [0.15, 0.2) is 0 Å². The molecule has 0 saturated carbocycles. The lowest BCUT2D eigenvalue weighted by molar-refractivity contribution is -0.119. The van der Waals surface area contributed by atoms with E-state index in [1.165, 1.54) is 11.8 Å². The number of fused-ring (bicyclic) bond motifs is 1. The summed E-state index contributed by atoms with van der Waals surface area (Å²) in [5.74, 6) is 0.438. The molecule has 106 valence electrons. The fraction of sp³-hybridized carbons (Fsp3) is 0.400. The van der Waals surface area contributed by atoms with Gasteiger partial charge in [-0.15, -0.1) is 0 Å². The van der Waals surface area contributed by atoms with Crippen LogP contribution in [0, 0.1) is 0 Å². The molecule has 0 spiro atoms. The van der Waals surface area contributed by atoms with E-state index in [0.717, 1.165) is 28.8 Å². The summed E-state index contributed by atoms with van der Waals surface area (Å²) >= 11 is 1.45. The van der Waals surface area contributed by atoms with Crippen molar-refractivity contribution in [1.29, 1.82) is 0 Å². The van der Waals surface area contributed by atoms with E-state index in [2.05, 4.69) is 22.2 Å². The van der Waals surface area contributed by atoms with E-state index < -0.39 is 0 Å². The minimum atomic E-state index is 0.0543. The Labute approximate surface area is 123 Å². The lowest BCUT2D eigenvalue weighted by Crippen LogP contribution is -2.33. The van der Waals surface area contributed by atoms with E-state index in [1.807, 2.05) is 31.2 Å². The van der Waals surface area contributed by atoms with Crippen molar-refractivity contribution in [2.24, 2.45) is 0 Å². The van der Waals surface area contributed by atoms with Gasteiger partial charge in [-0.3, -0.25) is 4.79 Å².